The predicted octanol–water partition coefficient (Wildman–Crippen LogP) is 2.48. The third-order valence-electron chi connectivity index (χ3n) is 2.15. The highest BCUT2D eigenvalue weighted by Crippen LogP contribution is 2.16. The fourth-order valence-corrected chi connectivity index (χ4v) is 1.44. The van der Waals surface area contributed by atoms with Crippen LogP contribution >= 0.6 is 0 Å². The maximum absolute atomic E-state index is 10.6. The molecule has 0 spiro atoms. The lowest BCUT2D eigenvalue weighted by atomic mass is 10.1. The van der Waals surface area contributed by atoms with Gasteiger partial charge in [0, 0.05) is 18.6 Å². The molecule has 0 fully saturated rings. The summed E-state index contributed by atoms with van der Waals surface area (Å²) in [6.07, 6.45) is 2.10. The van der Waals surface area contributed by atoms with Crippen LogP contribution in [0.2, 0.25) is 0 Å². The van der Waals surface area contributed by atoms with Gasteiger partial charge >= 0.3 is 0 Å². The zero-order valence-electron chi connectivity index (χ0n) is 8.71. The van der Waals surface area contributed by atoms with Crippen LogP contribution < -0.4 is 0 Å². The lowest BCUT2D eigenvalue weighted by molar-refractivity contribution is -0.384. The molecule has 2 rings (SSSR count). The zero-order valence-corrected chi connectivity index (χ0v) is 8.71. The van der Waals surface area contributed by atoms with E-state index < -0.39 is 4.92 Å². The van der Waals surface area contributed by atoms with Crippen molar-refractivity contribution in [2.45, 2.75) is 13.3 Å². The number of nitrogens with zero attached hydrogens (tertiary/aromatic N) is 2. The summed E-state index contributed by atoms with van der Waals surface area (Å²) < 4.78 is 5.31. The summed E-state index contributed by atoms with van der Waals surface area (Å²) >= 11 is 0. The minimum atomic E-state index is -0.412. The van der Waals surface area contributed by atoms with Gasteiger partial charge in [-0.2, -0.15) is 0 Å². The Bertz CT molecular complexity index is 519. The molecule has 1 aromatic carbocycles. The fourth-order valence-electron chi connectivity index (χ4n) is 1.44. The molecular formula is C11H10N2O3. The number of hydrogen-bond acceptors (Lipinski definition) is 4. The molecule has 0 aliphatic heterocycles. The number of aryl methyl sites for hydroxylation is 1. The van der Waals surface area contributed by atoms with Crippen molar-refractivity contribution < 1.29 is 9.34 Å². The maximum Gasteiger partial charge on any atom is 0.269 e. The molecule has 0 amide bonds. The van der Waals surface area contributed by atoms with E-state index in [4.69, 9.17) is 4.42 Å². The quantitative estimate of drug-likeness (QED) is 0.586. The van der Waals surface area contributed by atoms with Gasteiger partial charge in [-0.05, 0) is 12.5 Å². The fraction of sp³-hybridized carbons (Fsp3) is 0.182. The summed E-state index contributed by atoms with van der Waals surface area (Å²) in [6, 6.07) is 6.46. The molecule has 0 saturated carbocycles. The molecule has 16 heavy (non-hydrogen) atoms. The topological polar surface area (TPSA) is 69.2 Å². The summed E-state index contributed by atoms with van der Waals surface area (Å²) in [5.41, 5.74) is 0.900. The average molecular weight is 218 g/mol. The van der Waals surface area contributed by atoms with E-state index in [2.05, 4.69) is 4.98 Å². The number of rotatable bonds is 3. The van der Waals surface area contributed by atoms with Gasteiger partial charge < -0.3 is 4.42 Å². The van der Waals surface area contributed by atoms with Gasteiger partial charge in [0.1, 0.15) is 5.76 Å². The molecule has 1 aromatic heterocycles. The zero-order chi connectivity index (χ0) is 11.5. The van der Waals surface area contributed by atoms with Gasteiger partial charge in [-0.1, -0.05) is 12.1 Å². The van der Waals surface area contributed by atoms with Gasteiger partial charge in [0.2, 0.25) is 0 Å². The molecule has 2 aromatic rings. The summed E-state index contributed by atoms with van der Waals surface area (Å²) in [5, 5.41) is 10.6. The Labute approximate surface area is 91.9 Å². The Kier molecular flexibility index (Phi) is 2.68. The molecule has 5 nitrogen and oxygen atoms in total. The van der Waals surface area contributed by atoms with Crippen LogP contribution in [0.3, 0.4) is 0 Å². The third-order valence-corrected chi connectivity index (χ3v) is 2.15. The monoisotopic (exact) mass is 218 g/mol. The Hall–Kier alpha value is -2.17. The molecule has 0 atom stereocenters. The van der Waals surface area contributed by atoms with E-state index in [9.17, 15) is 10.1 Å². The normalized spacial score (nSPS) is 10.3. The molecule has 0 aliphatic carbocycles. The molecule has 5 heteroatoms. The molecular weight excluding hydrogens is 208 g/mol. The van der Waals surface area contributed by atoms with Crippen molar-refractivity contribution in [1.29, 1.82) is 0 Å². The van der Waals surface area contributed by atoms with Crippen LogP contribution in [0.15, 0.2) is 34.9 Å². The first kappa shape index (κ1) is 10.4. The van der Waals surface area contributed by atoms with E-state index in [1.807, 2.05) is 13.0 Å². The van der Waals surface area contributed by atoms with Gasteiger partial charge in [-0.3, -0.25) is 10.1 Å². The molecule has 0 aliphatic rings. The van der Waals surface area contributed by atoms with Crippen molar-refractivity contribution in [3.05, 3.63) is 57.8 Å². The highest BCUT2D eigenvalue weighted by molar-refractivity contribution is 5.35. The number of non-ortho nitro benzene ring substituents is 1. The average Bonchev–Trinajstić information content (AvgIpc) is 2.64. The van der Waals surface area contributed by atoms with Crippen molar-refractivity contribution >= 4 is 5.69 Å². The largest absolute Gasteiger partial charge is 0.446 e. The standard InChI is InChI=1S/C11H10N2O3/c1-8-7-12-11(16-8)6-9-3-2-4-10(5-9)13(14)15/h2-5,7H,6H2,1H3. The SMILES string of the molecule is Cc1cnc(Cc2cccc([N+](=O)[O-])c2)o1. The number of hydrogen-bond donors (Lipinski definition) is 0. The molecule has 0 bridgehead atoms. The number of oxazole rings is 1. The Morgan fingerprint density at radius 1 is 1.50 bits per heavy atom. The number of nitro benzene ring substituents is 1. The van der Waals surface area contributed by atoms with E-state index in [0.29, 0.717) is 12.3 Å². The highest BCUT2D eigenvalue weighted by atomic mass is 16.6. The third kappa shape index (κ3) is 2.25. The second-order valence-electron chi connectivity index (χ2n) is 3.47. The first-order valence-electron chi connectivity index (χ1n) is 4.80. The lowest BCUT2D eigenvalue weighted by Gasteiger charge is -1.97. The number of aromatic nitrogens is 1. The molecule has 0 unspecified atom stereocenters. The Balaban J connectivity index is 2.21. The van der Waals surface area contributed by atoms with Crippen LogP contribution in [-0.4, -0.2) is 9.91 Å². The first-order valence-corrected chi connectivity index (χ1v) is 4.80. The van der Waals surface area contributed by atoms with Crippen molar-refractivity contribution in [2.24, 2.45) is 0 Å². The lowest BCUT2D eigenvalue weighted by Crippen LogP contribution is -1.92. The van der Waals surface area contributed by atoms with Gasteiger partial charge in [0.05, 0.1) is 11.1 Å². The number of nitro groups is 1. The smallest absolute Gasteiger partial charge is 0.269 e. The number of benzene rings is 1. The maximum atomic E-state index is 10.6. The first-order chi connectivity index (χ1) is 7.65. The van der Waals surface area contributed by atoms with Crippen LogP contribution in [0.4, 0.5) is 5.69 Å². The summed E-state index contributed by atoms with van der Waals surface area (Å²) in [4.78, 5) is 14.2. The molecule has 0 saturated heterocycles. The molecule has 0 radical (unpaired) electrons. The van der Waals surface area contributed by atoms with E-state index in [-0.39, 0.29) is 5.69 Å². The molecule has 0 N–H and O–H groups in total. The molecule has 82 valence electrons. The highest BCUT2D eigenvalue weighted by Gasteiger charge is 2.08. The van der Waals surface area contributed by atoms with Crippen LogP contribution in [0, 0.1) is 17.0 Å². The van der Waals surface area contributed by atoms with Crippen molar-refractivity contribution in [3.8, 4) is 0 Å². The van der Waals surface area contributed by atoms with Gasteiger partial charge in [0.15, 0.2) is 5.89 Å². The summed E-state index contributed by atoms with van der Waals surface area (Å²) in [6.45, 7) is 1.81. The molecule has 1 heterocycles. The van der Waals surface area contributed by atoms with Crippen LogP contribution in [0.1, 0.15) is 17.2 Å². The van der Waals surface area contributed by atoms with Crippen molar-refractivity contribution in [3.63, 3.8) is 0 Å². The van der Waals surface area contributed by atoms with Crippen molar-refractivity contribution in [1.82, 2.24) is 4.98 Å². The van der Waals surface area contributed by atoms with Crippen LogP contribution in [0.25, 0.3) is 0 Å². The van der Waals surface area contributed by atoms with Gasteiger partial charge in [-0.25, -0.2) is 4.98 Å². The second kappa shape index (κ2) is 4.14. The van der Waals surface area contributed by atoms with Crippen molar-refractivity contribution in [2.75, 3.05) is 0 Å². The van der Waals surface area contributed by atoms with E-state index in [1.165, 1.54) is 12.1 Å². The summed E-state index contributed by atoms with van der Waals surface area (Å²) in [5.74, 6) is 1.30. The Morgan fingerprint density at radius 3 is 2.94 bits per heavy atom. The summed E-state index contributed by atoms with van der Waals surface area (Å²) in [7, 11) is 0. The van der Waals surface area contributed by atoms with E-state index in [1.54, 1.807) is 12.3 Å². The minimum Gasteiger partial charge on any atom is -0.446 e. The van der Waals surface area contributed by atoms with Gasteiger partial charge in [0.25, 0.3) is 5.69 Å². The van der Waals surface area contributed by atoms with Crippen LogP contribution in [-0.2, 0) is 6.42 Å². The predicted molar refractivity (Wildman–Crippen MR) is 57.1 cm³/mol. The van der Waals surface area contributed by atoms with Crippen LogP contribution in [0.5, 0.6) is 0 Å². The van der Waals surface area contributed by atoms with E-state index >= 15 is 0 Å². The second-order valence-corrected chi connectivity index (χ2v) is 3.47. The minimum absolute atomic E-state index is 0.0841. The van der Waals surface area contributed by atoms with Gasteiger partial charge in [-0.15, -0.1) is 0 Å². The van der Waals surface area contributed by atoms with E-state index in [0.717, 1.165) is 11.3 Å². The Morgan fingerprint density at radius 2 is 2.31 bits per heavy atom.